The van der Waals surface area contributed by atoms with Gasteiger partial charge in [0.15, 0.2) is 0 Å². The second kappa shape index (κ2) is 11.2. The highest BCUT2D eigenvalue weighted by Crippen LogP contribution is 2.20. The van der Waals surface area contributed by atoms with Crippen molar-refractivity contribution in [3.8, 4) is 0 Å². The molecule has 0 radical (unpaired) electrons. The van der Waals surface area contributed by atoms with E-state index >= 15 is 0 Å². The fourth-order valence-electron chi connectivity index (χ4n) is 3.11. The van der Waals surface area contributed by atoms with Crippen molar-refractivity contribution >= 4 is 41.8 Å². The maximum atomic E-state index is 4.81. The van der Waals surface area contributed by atoms with E-state index in [1.54, 1.807) is 0 Å². The maximum Gasteiger partial charge on any atom is 0.204 e. The lowest BCUT2D eigenvalue weighted by molar-refractivity contribution is 0.292. The van der Waals surface area contributed by atoms with Crippen molar-refractivity contribution < 1.29 is 0 Å². The van der Waals surface area contributed by atoms with Crippen LogP contribution < -0.4 is 5.32 Å². The van der Waals surface area contributed by atoms with Crippen LogP contribution in [0.3, 0.4) is 0 Å². The first-order chi connectivity index (χ1) is 12.2. The molecule has 0 bridgehead atoms. The number of hydrogen-bond donors (Lipinski definition) is 1. The molecule has 6 heteroatoms. The quantitative estimate of drug-likeness (QED) is 0.559. The molecule has 0 atom stereocenters. The summed E-state index contributed by atoms with van der Waals surface area (Å²) in [4.78, 5) is 7.25. The monoisotopic (exact) mass is 408 g/mol. The van der Waals surface area contributed by atoms with Gasteiger partial charge in [0, 0.05) is 19.6 Å². The van der Waals surface area contributed by atoms with Crippen LogP contribution in [0, 0.1) is 6.92 Å². The molecule has 0 amide bonds. The van der Waals surface area contributed by atoms with Crippen LogP contribution in [0.5, 0.6) is 0 Å². The van der Waals surface area contributed by atoms with E-state index in [1.807, 2.05) is 6.07 Å². The summed E-state index contributed by atoms with van der Waals surface area (Å²) in [7, 11) is 0. The Morgan fingerprint density at radius 1 is 0.963 bits per heavy atom. The Hall–Kier alpha value is -1.75. The average Bonchev–Trinajstić information content (AvgIpc) is 3.00. The van der Waals surface area contributed by atoms with Crippen molar-refractivity contribution in [2.24, 2.45) is 0 Å². The lowest BCUT2D eigenvalue weighted by atomic mass is 10.1. The zero-order valence-electron chi connectivity index (χ0n) is 16.3. The number of likely N-dealkylation sites (N-methyl/N-ethyl adjacent to an activating group) is 1. The first kappa shape index (κ1) is 23.3. The Bertz CT molecular complexity index is 811. The topological polar surface area (TPSA) is 33.1 Å². The summed E-state index contributed by atoms with van der Waals surface area (Å²) < 4.78 is 2.31. The molecule has 148 valence electrons. The van der Waals surface area contributed by atoms with Gasteiger partial charge < -0.3 is 14.8 Å². The Balaban J connectivity index is 0.00000182. The number of nitrogens with one attached hydrogen (secondary N) is 1. The lowest BCUT2D eigenvalue weighted by Gasteiger charge is -2.19. The SMILES string of the molecule is CCN(CC)CCn1c(NCc2ccc(C)cc2)nc2ccccc21.Cl.Cl. The summed E-state index contributed by atoms with van der Waals surface area (Å²) in [6.45, 7) is 11.5. The molecule has 0 unspecified atom stereocenters. The number of halogens is 2. The number of benzene rings is 2. The largest absolute Gasteiger partial charge is 0.352 e. The Morgan fingerprint density at radius 3 is 2.30 bits per heavy atom. The van der Waals surface area contributed by atoms with Crippen LogP contribution in [-0.2, 0) is 13.1 Å². The van der Waals surface area contributed by atoms with Crippen LogP contribution in [0.1, 0.15) is 25.0 Å². The third kappa shape index (κ3) is 5.86. The van der Waals surface area contributed by atoms with E-state index < -0.39 is 0 Å². The van der Waals surface area contributed by atoms with Gasteiger partial charge in [-0.25, -0.2) is 4.98 Å². The number of anilines is 1. The van der Waals surface area contributed by atoms with Gasteiger partial charge in [0.2, 0.25) is 5.95 Å². The smallest absolute Gasteiger partial charge is 0.204 e. The molecule has 3 aromatic rings. The summed E-state index contributed by atoms with van der Waals surface area (Å²) >= 11 is 0. The number of aromatic nitrogens is 2. The Labute approximate surface area is 174 Å². The number of para-hydroxylation sites is 2. The third-order valence-corrected chi connectivity index (χ3v) is 4.76. The third-order valence-electron chi connectivity index (χ3n) is 4.76. The van der Waals surface area contributed by atoms with Gasteiger partial charge in [0.25, 0.3) is 0 Å². The summed E-state index contributed by atoms with van der Waals surface area (Å²) in [6, 6.07) is 17.0. The van der Waals surface area contributed by atoms with Crippen LogP contribution in [-0.4, -0.2) is 34.1 Å². The Kier molecular flexibility index (Phi) is 9.64. The normalized spacial score (nSPS) is 10.5. The van der Waals surface area contributed by atoms with Gasteiger partial charge in [-0.05, 0) is 37.7 Å². The van der Waals surface area contributed by atoms with E-state index in [9.17, 15) is 0 Å². The highest BCUT2D eigenvalue weighted by molar-refractivity contribution is 5.85. The van der Waals surface area contributed by atoms with E-state index in [4.69, 9.17) is 4.98 Å². The first-order valence-electron chi connectivity index (χ1n) is 9.18. The molecule has 0 aliphatic rings. The number of imidazole rings is 1. The van der Waals surface area contributed by atoms with E-state index in [0.717, 1.165) is 44.2 Å². The minimum absolute atomic E-state index is 0. The molecule has 27 heavy (non-hydrogen) atoms. The first-order valence-corrected chi connectivity index (χ1v) is 9.18. The highest BCUT2D eigenvalue weighted by Gasteiger charge is 2.11. The van der Waals surface area contributed by atoms with Gasteiger partial charge in [0.1, 0.15) is 0 Å². The fourth-order valence-corrected chi connectivity index (χ4v) is 3.11. The number of nitrogens with zero attached hydrogens (tertiary/aromatic N) is 3. The molecule has 4 nitrogen and oxygen atoms in total. The molecule has 0 fully saturated rings. The van der Waals surface area contributed by atoms with Crippen LogP contribution in [0.25, 0.3) is 11.0 Å². The van der Waals surface area contributed by atoms with Gasteiger partial charge in [-0.1, -0.05) is 55.8 Å². The number of aryl methyl sites for hydroxylation is 1. The second-order valence-corrected chi connectivity index (χ2v) is 6.44. The van der Waals surface area contributed by atoms with E-state index in [0.29, 0.717) is 0 Å². The molecule has 0 aliphatic heterocycles. The average molecular weight is 409 g/mol. The summed E-state index contributed by atoms with van der Waals surface area (Å²) in [5, 5.41) is 3.53. The molecule has 3 rings (SSSR count). The van der Waals surface area contributed by atoms with E-state index in [2.05, 4.69) is 78.0 Å². The van der Waals surface area contributed by atoms with Crippen molar-refractivity contribution in [3.05, 3.63) is 59.7 Å². The molecule has 1 aromatic heterocycles. The number of rotatable bonds is 8. The predicted molar refractivity (Wildman–Crippen MR) is 121 cm³/mol. The van der Waals surface area contributed by atoms with Gasteiger partial charge in [0.05, 0.1) is 11.0 Å². The minimum atomic E-state index is 0. The van der Waals surface area contributed by atoms with Crippen LogP contribution >= 0.6 is 24.8 Å². The van der Waals surface area contributed by atoms with E-state index in [-0.39, 0.29) is 24.8 Å². The minimum Gasteiger partial charge on any atom is -0.352 e. The molecular formula is C21H30Cl2N4. The second-order valence-electron chi connectivity index (χ2n) is 6.44. The van der Waals surface area contributed by atoms with Crippen LogP contribution in [0.15, 0.2) is 48.5 Å². The molecule has 0 aliphatic carbocycles. The molecule has 2 aromatic carbocycles. The number of hydrogen-bond acceptors (Lipinski definition) is 3. The van der Waals surface area contributed by atoms with Crippen molar-refractivity contribution in [1.82, 2.24) is 14.5 Å². The van der Waals surface area contributed by atoms with Gasteiger partial charge >= 0.3 is 0 Å². The fraction of sp³-hybridized carbons (Fsp3) is 0.381. The zero-order chi connectivity index (χ0) is 17.6. The Morgan fingerprint density at radius 2 is 1.63 bits per heavy atom. The van der Waals surface area contributed by atoms with Crippen molar-refractivity contribution in [2.45, 2.75) is 33.9 Å². The predicted octanol–water partition coefficient (Wildman–Crippen LogP) is 5.14. The van der Waals surface area contributed by atoms with Gasteiger partial charge in [-0.3, -0.25) is 0 Å². The molecule has 1 heterocycles. The molecule has 0 saturated heterocycles. The number of fused-ring (bicyclic) bond motifs is 1. The molecule has 0 saturated carbocycles. The van der Waals surface area contributed by atoms with Crippen molar-refractivity contribution in [3.63, 3.8) is 0 Å². The van der Waals surface area contributed by atoms with Crippen molar-refractivity contribution in [1.29, 1.82) is 0 Å². The van der Waals surface area contributed by atoms with Crippen LogP contribution in [0.4, 0.5) is 5.95 Å². The highest BCUT2D eigenvalue weighted by atomic mass is 35.5. The van der Waals surface area contributed by atoms with Crippen molar-refractivity contribution in [2.75, 3.05) is 25.0 Å². The summed E-state index contributed by atoms with van der Waals surface area (Å²) in [5.74, 6) is 0.953. The summed E-state index contributed by atoms with van der Waals surface area (Å²) in [6.07, 6.45) is 0. The zero-order valence-corrected chi connectivity index (χ0v) is 17.9. The maximum absolute atomic E-state index is 4.81. The summed E-state index contributed by atoms with van der Waals surface area (Å²) in [5.41, 5.74) is 4.80. The van der Waals surface area contributed by atoms with Gasteiger partial charge in [-0.15, -0.1) is 24.8 Å². The van der Waals surface area contributed by atoms with E-state index in [1.165, 1.54) is 16.6 Å². The lowest BCUT2D eigenvalue weighted by Crippen LogP contribution is -2.27. The molecular weight excluding hydrogens is 379 g/mol. The standard InChI is InChI=1S/C21H28N4.2ClH/c1-4-24(5-2)14-15-25-20-9-7-6-8-19(20)23-21(25)22-16-18-12-10-17(3)11-13-18;;/h6-13H,4-5,14-16H2,1-3H3,(H,22,23);2*1H. The van der Waals surface area contributed by atoms with Gasteiger partial charge in [-0.2, -0.15) is 0 Å². The molecule has 0 spiro atoms. The molecule has 1 N–H and O–H groups in total. The van der Waals surface area contributed by atoms with Crippen LogP contribution in [0.2, 0.25) is 0 Å².